The van der Waals surface area contributed by atoms with Crippen molar-refractivity contribution >= 4 is 17.5 Å². The van der Waals surface area contributed by atoms with E-state index in [-0.39, 0.29) is 24.7 Å². The zero-order chi connectivity index (χ0) is 20.1. The van der Waals surface area contributed by atoms with Crippen molar-refractivity contribution in [1.29, 1.82) is 0 Å². The number of benzene rings is 1. The first kappa shape index (κ1) is 20.1. The molecule has 4 rings (SSSR count). The first-order valence-corrected chi connectivity index (χ1v) is 10.5. The molecule has 6 nitrogen and oxygen atoms in total. The zero-order valence-electron chi connectivity index (χ0n) is 16.4. The number of carbonyl (C=O) groups excluding carboxylic acids is 1. The van der Waals surface area contributed by atoms with Gasteiger partial charge < -0.3 is 14.8 Å². The third-order valence-corrected chi connectivity index (χ3v) is 5.59. The lowest BCUT2D eigenvalue weighted by Gasteiger charge is -2.20. The molecule has 0 saturated carbocycles. The van der Waals surface area contributed by atoms with Gasteiger partial charge in [-0.3, -0.25) is 14.7 Å². The van der Waals surface area contributed by atoms with Crippen molar-refractivity contribution in [1.82, 2.24) is 15.2 Å². The molecule has 2 atom stereocenters. The first-order chi connectivity index (χ1) is 14.2. The molecule has 0 spiro atoms. The average molecular weight is 416 g/mol. The van der Waals surface area contributed by atoms with Crippen LogP contribution in [0.2, 0.25) is 5.02 Å². The topological polar surface area (TPSA) is 63.7 Å². The number of aryl methyl sites for hydroxylation is 1. The second-order valence-electron chi connectivity index (χ2n) is 7.60. The maximum Gasteiger partial charge on any atom is 0.258 e. The number of carbonyl (C=O) groups is 1. The van der Waals surface area contributed by atoms with Gasteiger partial charge in [0.2, 0.25) is 0 Å². The number of likely N-dealkylation sites (tertiary alicyclic amines) is 1. The lowest BCUT2D eigenvalue weighted by Crippen LogP contribution is -2.45. The van der Waals surface area contributed by atoms with E-state index in [0.29, 0.717) is 18.2 Å². The predicted molar refractivity (Wildman–Crippen MR) is 111 cm³/mol. The van der Waals surface area contributed by atoms with E-state index in [2.05, 4.69) is 21.3 Å². The highest BCUT2D eigenvalue weighted by atomic mass is 35.5. The quantitative estimate of drug-likeness (QED) is 0.817. The lowest BCUT2D eigenvalue weighted by molar-refractivity contribution is -0.124. The molecule has 3 heterocycles. The zero-order valence-corrected chi connectivity index (χ0v) is 17.1. The third kappa shape index (κ3) is 5.47. The molecule has 2 aliphatic rings. The fraction of sp³-hybridized carbons (Fsp3) is 0.455. The van der Waals surface area contributed by atoms with E-state index < -0.39 is 0 Å². The summed E-state index contributed by atoms with van der Waals surface area (Å²) >= 11 is 5.93. The van der Waals surface area contributed by atoms with Crippen LogP contribution in [0.5, 0.6) is 5.75 Å². The van der Waals surface area contributed by atoms with Crippen molar-refractivity contribution in [2.24, 2.45) is 0 Å². The number of fused-ring (bicyclic) bond motifs is 2. The molecule has 7 heteroatoms. The lowest BCUT2D eigenvalue weighted by atomic mass is 10.1. The number of hydrogen-bond donors (Lipinski definition) is 1. The number of aromatic nitrogens is 1. The van der Waals surface area contributed by atoms with Crippen LogP contribution in [-0.2, 0) is 22.5 Å². The molecule has 2 aliphatic heterocycles. The minimum Gasteiger partial charge on any atom is -0.483 e. The van der Waals surface area contributed by atoms with Crippen LogP contribution in [0.3, 0.4) is 0 Å². The molecule has 1 N–H and O–H groups in total. The summed E-state index contributed by atoms with van der Waals surface area (Å²) in [5, 5.41) is 3.73. The highest BCUT2D eigenvalue weighted by Crippen LogP contribution is 2.22. The summed E-state index contributed by atoms with van der Waals surface area (Å²) in [6.45, 7) is 2.88. The van der Waals surface area contributed by atoms with Crippen molar-refractivity contribution in [3.05, 3.63) is 58.9 Å². The van der Waals surface area contributed by atoms with Gasteiger partial charge in [-0.05, 0) is 43.0 Å². The Morgan fingerprint density at radius 1 is 1.17 bits per heavy atom. The Kier molecular flexibility index (Phi) is 6.64. The Morgan fingerprint density at radius 3 is 2.93 bits per heavy atom. The summed E-state index contributed by atoms with van der Waals surface area (Å²) < 4.78 is 12.0. The molecule has 1 fully saturated rings. The monoisotopic (exact) mass is 415 g/mol. The Morgan fingerprint density at radius 2 is 2.07 bits per heavy atom. The van der Waals surface area contributed by atoms with Crippen LogP contribution in [0.1, 0.15) is 24.1 Å². The van der Waals surface area contributed by atoms with E-state index in [0.717, 1.165) is 49.4 Å². The minimum atomic E-state index is -0.121. The van der Waals surface area contributed by atoms with Crippen molar-refractivity contribution in [2.75, 3.05) is 26.3 Å². The SMILES string of the molecule is O=C1COc2ccccc2CCCCO[C@H]2CN(Cc3ccc(Cl)cn3)C[C@@H]2N1. The molecule has 1 aromatic heterocycles. The van der Waals surface area contributed by atoms with Gasteiger partial charge in [-0.2, -0.15) is 0 Å². The molecular weight excluding hydrogens is 390 g/mol. The molecule has 0 bridgehead atoms. The second kappa shape index (κ2) is 9.57. The standard InChI is InChI=1S/C22H26ClN3O3/c23-17-8-9-18(24-11-17)12-26-13-19-21(14-26)28-10-4-3-6-16-5-1-2-7-20(16)29-15-22(27)25-19/h1-2,5,7-9,11,19,21H,3-4,6,10,12-15H2,(H,25,27)/t19-,21-/m0/s1. The first-order valence-electron chi connectivity index (χ1n) is 10.1. The summed E-state index contributed by atoms with van der Waals surface area (Å²) in [5.41, 5.74) is 2.09. The second-order valence-corrected chi connectivity index (χ2v) is 8.04. The normalized spacial score (nSPS) is 23.6. The predicted octanol–water partition coefficient (Wildman–Crippen LogP) is 2.84. The fourth-order valence-corrected chi connectivity index (χ4v) is 4.02. The van der Waals surface area contributed by atoms with E-state index in [1.807, 2.05) is 30.3 Å². The van der Waals surface area contributed by atoms with Crippen molar-refractivity contribution in [2.45, 2.75) is 38.0 Å². The Balaban J connectivity index is 1.41. The summed E-state index contributed by atoms with van der Waals surface area (Å²) in [6.07, 6.45) is 4.55. The molecule has 0 unspecified atom stereocenters. The van der Waals surface area contributed by atoms with Crippen molar-refractivity contribution < 1.29 is 14.3 Å². The largest absolute Gasteiger partial charge is 0.483 e. The van der Waals surface area contributed by atoms with Gasteiger partial charge in [0.15, 0.2) is 6.61 Å². The number of hydrogen-bond acceptors (Lipinski definition) is 5. The maximum atomic E-state index is 12.5. The summed E-state index contributed by atoms with van der Waals surface area (Å²) in [4.78, 5) is 19.1. The van der Waals surface area contributed by atoms with Gasteiger partial charge in [0.25, 0.3) is 5.91 Å². The number of nitrogens with one attached hydrogen (secondary N) is 1. The summed E-state index contributed by atoms with van der Waals surface area (Å²) in [5.74, 6) is 0.672. The van der Waals surface area contributed by atoms with Gasteiger partial charge in [0.05, 0.1) is 22.9 Å². The van der Waals surface area contributed by atoms with E-state index in [9.17, 15) is 4.79 Å². The Hall–Kier alpha value is -2.15. The van der Waals surface area contributed by atoms with Crippen LogP contribution in [0.4, 0.5) is 0 Å². The summed E-state index contributed by atoms with van der Waals surface area (Å²) in [6, 6.07) is 11.7. The number of halogens is 1. The Bertz CT molecular complexity index is 830. The van der Waals surface area contributed by atoms with Gasteiger partial charge in [0.1, 0.15) is 5.75 Å². The molecule has 2 aromatic rings. The number of rotatable bonds is 2. The minimum absolute atomic E-state index is 0.0129. The molecule has 1 aromatic carbocycles. The van der Waals surface area contributed by atoms with Crippen LogP contribution in [0.15, 0.2) is 42.6 Å². The number of pyridine rings is 1. The van der Waals surface area contributed by atoms with Gasteiger partial charge in [-0.25, -0.2) is 0 Å². The van der Waals surface area contributed by atoms with E-state index in [4.69, 9.17) is 21.1 Å². The molecule has 154 valence electrons. The Labute approximate surface area is 176 Å². The number of amides is 1. The number of ether oxygens (including phenoxy) is 2. The van der Waals surface area contributed by atoms with Crippen LogP contribution in [-0.4, -0.2) is 54.2 Å². The maximum absolute atomic E-state index is 12.5. The molecule has 1 saturated heterocycles. The smallest absolute Gasteiger partial charge is 0.258 e. The molecule has 1 amide bonds. The molecule has 29 heavy (non-hydrogen) atoms. The number of para-hydroxylation sites is 1. The van der Waals surface area contributed by atoms with Crippen molar-refractivity contribution in [3.63, 3.8) is 0 Å². The van der Waals surface area contributed by atoms with E-state index in [1.54, 1.807) is 6.20 Å². The summed E-state index contributed by atoms with van der Waals surface area (Å²) in [7, 11) is 0. The van der Waals surface area contributed by atoms with Gasteiger partial charge in [-0.15, -0.1) is 0 Å². The van der Waals surface area contributed by atoms with E-state index in [1.165, 1.54) is 0 Å². The van der Waals surface area contributed by atoms with Gasteiger partial charge in [0, 0.05) is 32.4 Å². The van der Waals surface area contributed by atoms with E-state index >= 15 is 0 Å². The molecule has 0 aliphatic carbocycles. The van der Waals surface area contributed by atoms with Gasteiger partial charge >= 0.3 is 0 Å². The number of nitrogens with zero attached hydrogens (tertiary/aromatic N) is 2. The van der Waals surface area contributed by atoms with Crippen LogP contribution >= 0.6 is 11.6 Å². The van der Waals surface area contributed by atoms with Crippen molar-refractivity contribution in [3.8, 4) is 5.75 Å². The molecular formula is C22H26ClN3O3. The highest BCUT2D eigenvalue weighted by molar-refractivity contribution is 6.30. The highest BCUT2D eigenvalue weighted by Gasteiger charge is 2.34. The van der Waals surface area contributed by atoms with Crippen LogP contribution in [0.25, 0.3) is 0 Å². The van der Waals surface area contributed by atoms with Crippen LogP contribution < -0.4 is 10.1 Å². The molecule has 0 radical (unpaired) electrons. The van der Waals surface area contributed by atoms with Gasteiger partial charge in [-0.1, -0.05) is 29.8 Å². The average Bonchev–Trinajstić information content (AvgIpc) is 3.09. The van der Waals surface area contributed by atoms with Crippen LogP contribution in [0, 0.1) is 0 Å². The third-order valence-electron chi connectivity index (χ3n) is 5.37. The fourth-order valence-electron chi connectivity index (χ4n) is 3.91.